The molecule has 0 fully saturated rings. The van der Waals surface area contributed by atoms with E-state index in [9.17, 15) is 0 Å². The molecule has 0 aliphatic heterocycles. The molecule has 134 valence electrons. The van der Waals surface area contributed by atoms with Crippen LogP contribution in [0.4, 0.5) is 0 Å². The summed E-state index contributed by atoms with van der Waals surface area (Å²) in [7, 11) is 7.05. The summed E-state index contributed by atoms with van der Waals surface area (Å²) >= 11 is -2.79. The normalized spacial score (nSPS) is 17.9. The van der Waals surface area contributed by atoms with Gasteiger partial charge < -0.3 is 0 Å². The molecule has 23 heavy (non-hydrogen) atoms. The van der Waals surface area contributed by atoms with Crippen LogP contribution in [0.25, 0.3) is 0 Å². The average molecular weight is 357 g/mol. The molecule has 0 N–H and O–H groups in total. The number of nitrogens with zero attached hydrogens (tertiary/aromatic N) is 3. The van der Waals surface area contributed by atoms with E-state index in [1.165, 1.54) is 6.42 Å². The van der Waals surface area contributed by atoms with Gasteiger partial charge in [-0.15, -0.1) is 0 Å². The van der Waals surface area contributed by atoms with Crippen LogP contribution in [0.3, 0.4) is 0 Å². The van der Waals surface area contributed by atoms with E-state index in [4.69, 9.17) is 0 Å². The Morgan fingerprint density at radius 2 is 1.13 bits per heavy atom. The molecule has 0 spiro atoms. The Kier molecular flexibility index (Phi) is 7.32. The molecule has 0 amide bonds. The summed E-state index contributed by atoms with van der Waals surface area (Å²) in [5.74, 6) is 0. The molecule has 0 aromatic rings. The van der Waals surface area contributed by atoms with Gasteiger partial charge in [-0.25, -0.2) is 0 Å². The van der Waals surface area contributed by atoms with Gasteiger partial charge in [0.25, 0.3) is 0 Å². The third kappa shape index (κ3) is 3.85. The Hall–Kier alpha value is 0.0743. The second-order valence-corrected chi connectivity index (χ2v) is 15.2. The van der Waals surface area contributed by atoms with Gasteiger partial charge in [-0.05, 0) is 0 Å². The standard InChI is InChI=1S/C10H15.3C3H8N.Ti/c1-10(2,3)8-9-6-4-5-7-9;3*1-3-4-2;/h4-7H,8H2,1-3H3;3*3H2,1-2H3;/q;3*-1;+3. The number of allylic oxidation sites excluding steroid dienone is 4. The van der Waals surface area contributed by atoms with Crippen molar-refractivity contribution in [1.29, 1.82) is 0 Å². The van der Waals surface area contributed by atoms with E-state index < -0.39 is 17.4 Å². The summed E-state index contributed by atoms with van der Waals surface area (Å²) in [4.78, 5) is 0. The molecule has 1 rings (SSSR count). The first-order chi connectivity index (χ1) is 10.6. The monoisotopic (exact) mass is 357 g/mol. The number of rotatable bonds is 8. The first-order valence-electron chi connectivity index (χ1n) is 9.12. The van der Waals surface area contributed by atoms with Gasteiger partial charge in [-0.1, -0.05) is 0 Å². The first-order valence-corrected chi connectivity index (χ1v) is 12.0. The van der Waals surface area contributed by atoms with Gasteiger partial charge in [0.05, 0.1) is 0 Å². The van der Waals surface area contributed by atoms with E-state index in [0.29, 0.717) is 5.41 Å². The van der Waals surface area contributed by atoms with Gasteiger partial charge in [-0.2, -0.15) is 0 Å². The summed E-state index contributed by atoms with van der Waals surface area (Å²) in [5.41, 5.74) is 0.299. The van der Waals surface area contributed by atoms with Crippen LogP contribution in [0.5, 0.6) is 0 Å². The van der Waals surface area contributed by atoms with E-state index in [2.05, 4.69) is 97.1 Å². The quantitative estimate of drug-likeness (QED) is 0.594. The van der Waals surface area contributed by atoms with Crippen LogP contribution in [0.1, 0.15) is 48.0 Å². The molecule has 1 aliphatic carbocycles. The van der Waals surface area contributed by atoms with Crippen molar-refractivity contribution in [1.82, 2.24) is 10.1 Å². The van der Waals surface area contributed by atoms with Crippen LogP contribution in [0, 0.1) is 5.41 Å². The van der Waals surface area contributed by atoms with Gasteiger partial charge >= 0.3 is 150 Å². The van der Waals surface area contributed by atoms with Crippen molar-refractivity contribution in [3.63, 3.8) is 0 Å². The summed E-state index contributed by atoms with van der Waals surface area (Å²) in [6, 6.07) is 0. The van der Waals surface area contributed by atoms with Crippen LogP contribution in [0.15, 0.2) is 24.3 Å². The first kappa shape index (κ1) is 21.1. The fourth-order valence-electron chi connectivity index (χ4n) is 4.45. The maximum absolute atomic E-state index is 2.79. The summed E-state index contributed by atoms with van der Waals surface area (Å²) in [6.07, 6.45) is 10.8. The second kappa shape index (κ2) is 7.97. The Morgan fingerprint density at radius 3 is 1.39 bits per heavy atom. The molecule has 0 saturated carbocycles. The van der Waals surface area contributed by atoms with Gasteiger partial charge in [0.2, 0.25) is 0 Å². The van der Waals surface area contributed by atoms with E-state index >= 15 is 0 Å². The van der Waals surface area contributed by atoms with Crippen molar-refractivity contribution in [3.05, 3.63) is 24.3 Å². The zero-order chi connectivity index (χ0) is 17.9. The molecule has 0 bridgehead atoms. The van der Waals surface area contributed by atoms with Gasteiger partial charge in [0, 0.05) is 0 Å². The van der Waals surface area contributed by atoms with E-state index in [-0.39, 0.29) is 3.72 Å². The average Bonchev–Trinajstić information content (AvgIpc) is 2.94. The summed E-state index contributed by atoms with van der Waals surface area (Å²) in [6.45, 7) is 17.4. The number of hydrogen-bond donors (Lipinski definition) is 0. The maximum atomic E-state index is 2.71. The Balaban J connectivity index is 3.63. The van der Waals surface area contributed by atoms with Crippen molar-refractivity contribution in [2.45, 2.75) is 51.7 Å². The SMILES string of the molecule is CC[N](C)[Ti]([N](C)CC)([N](C)CC)[C]1(CC(C)(C)C)C=CC=C1. The minimum atomic E-state index is -2.79. The zero-order valence-corrected chi connectivity index (χ0v) is 18.5. The molecule has 4 heteroatoms. The van der Waals surface area contributed by atoms with E-state index in [1.807, 2.05) is 0 Å². The van der Waals surface area contributed by atoms with Crippen LogP contribution in [-0.2, 0) is 17.4 Å². The van der Waals surface area contributed by atoms with Crippen molar-refractivity contribution in [2.24, 2.45) is 5.41 Å². The van der Waals surface area contributed by atoms with Gasteiger partial charge in [-0.3, -0.25) is 0 Å². The minimum absolute atomic E-state index is 0.165. The molecule has 0 radical (unpaired) electrons. The Labute approximate surface area is 149 Å². The molecular formula is C19H39N3Ti. The zero-order valence-electron chi connectivity index (χ0n) is 17.0. The molecule has 0 heterocycles. The predicted octanol–water partition coefficient (Wildman–Crippen LogP) is 4.46. The van der Waals surface area contributed by atoms with Crippen molar-refractivity contribution in [3.8, 4) is 0 Å². The van der Waals surface area contributed by atoms with Crippen LogP contribution in [0.2, 0.25) is 3.72 Å². The van der Waals surface area contributed by atoms with Crippen LogP contribution < -0.4 is 0 Å². The molecule has 3 nitrogen and oxygen atoms in total. The summed E-state index contributed by atoms with van der Waals surface area (Å²) < 4.78 is 8.29. The predicted molar refractivity (Wildman–Crippen MR) is 100.0 cm³/mol. The van der Waals surface area contributed by atoms with Gasteiger partial charge in [0.1, 0.15) is 0 Å². The molecule has 0 atom stereocenters. The second-order valence-electron chi connectivity index (χ2n) is 8.17. The third-order valence-electron chi connectivity index (χ3n) is 5.37. The van der Waals surface area contributed by atoms with Crippen LogP contribution in [-0.4, -0.2) is 50.9 Å². The van der Waals surface area contributed by atoms with Crippen molar-refractivity contribution in [2.75, 3.05) is 40.8 Å². The Bertz CT molecular complexity index is 398. The topological polar surface area (TPSA) is 9.72 Å². The molecule has 1 aliphatic rings. The molecule has 0 unspecified atom stereocenters. The molecule has 0 saturated heterocycles. The molecular weight excluding hydrogens is 318 g/mol. The summed E-state index contributed by atoms with van der Waals surface area (Å²) in [5, 5.41) is 0. The fourth-order valence-corrected chi connectivity index (χ4v) is 14.8. The van der Waals surface area contributed by atoms with Gasteiger partial charge in [0.15, 0.2) is 0 Å². The third-order valence-corrected chi connectivity index (χ3v) is 14.6. The fraction of sp³-hybridized carbons (Fsp3) is 0.789. The van der Waals surface area contributed by atoms with E-state index in [1.54, 1.807) is 0 Å². The van der Waals surface area contributed by atoms with Crippen molar-refractivity contribution >= 4 is 0 Å². The number of hydrogen-bond acceptors (Lipinski definition) is 3. The van der Waals surface area contributed by atoms with E-state index in [0.717, 1.165) is 19.6 Å². The Morgan fingerprint density at radius 1 is 0.783 bits per heavy atom. The molecule has 0 aromatic carbocycles. The van der Waals surface area contributed by atoms with Crippen LogP contribution >= 0.6 is 0 Å². The van der Waals surface area contributed by atoms with Crippen molar-refractivity contribution < 1.29 is 17.4 Å². The molecule has 0 aromatic heterocycles.